The SMILES string of the molecule is Fc1ccc(-n2c3ccccc3c3cc(N(c4ccc(-c5ccc(N(c6cccc(-c7ccccc7)c6)c6ccc7c(c6)c6ccccc6n7-c6ccc(F)cc6)c6ccccc56)cc4)c4cccc(-c5ccccc5)c4)ccc32)cc1. The molecule has 0 aliphatic heterocycles. The van der Waals surface area contributed by atoms with Crippen LogP contribution >= 0.6 is 0 Å². The Morgan fingerprint density at radius 2 is 0.634 bits per heavy atom. The summed E-state index contributed by atoms with van der Waals surface area (Å²) >= 11 is 0. The summed E-state index contributed by atoms with van der Waals surface area (Å²) in [6, 6.07) is 105. The van der Waals surface area contributed by atoms with Crippen LogP contribution in [0.3, 0.4) is 0 Å². The highest BCUT2D eigenvalue weighted by Gasteiger charge is 2.23. The van der Waals surface area contributed by atoms with Gasteiger partial charge in [-0.1, -0.05) is 164 Å². The molecule has 0 amide bonds. The molecule has 0 radical (unpaired) electrons. The Hall–Kier alpha value is -10.8. The number of hydrogen-bond donors (Lipinski definition) is 0. The summed E-state index contributed by atoms with van der Waals surface area (Å²) in [6.07, 6.45) is 0. The molecule has 15 aromatic rings. The van der Waals surface area contributed by atoms with E-state index in [-0.39, 0.29) is 11.6 Å². The number of benzene rings is 13. The van der Waals surface area contributed by atoms with Crippen LogP contribution in [0.1, 0.15) is 0 Å². The molecule has 82 heavy (non-hydrogen) atoms. The van der Waals surface area contributed by atoms with Crippen molar-refractivity contribution in [1.82, 2.24) is 9.13 Å². The fourth-order valence-corrected chi connectivity index (χ4v) is 12.2. The Balaban J connectivity index is 0.868. The smallest absolute Gasteiger partial charge is 0.123 e. The molecule has 388 valence electrons. The molecule has 0 spiro atoms. The van der Waals surface area contributed by atoms with Gasteiger partial charge in [-0.25, -0.2) is 8.78 Å². The second-order valence-electron chi connectivity index (χ2n) is 20.8. The number of hydrogen-bond acceptors (Lipinski definition) is 2. The van der Waals surface area contributed by atoms with Crippen molar-refractivity contribution in [1.29, 1.82) is 0 Å². The number of anilines is 6. The maximum absolute atomic E-state index is 14.3. The molecule has 0 aliphatic carbocycles. The van der Waals surface area contributed by atoms with Crippen molar-refractivity contribution in [3.05, 3.63) is 315 Å². The van der Waals surface area contributed by atoms with Gasteiger partial charge in [-0.15, -0.1) is 0 Å². The van der Waals surface area contributed by atoms with Crippen molar-refractivity contribution in [2.24, 2.45) is 0 Å². The monoisotopic (exact) mass is 1060 g/mol. The summed E-state index contributed by atoms with van der Waals surface area (Å²) in [5, 5.41) is 6.66. The largest absolute Gasteiger partial charge is 0.310 e. The van der Waals surface area contributed by atoms with Crippen molar-refractivity contribution in [2.45, 2.75) is 0 Å². The highest BCUT2D eigenvalue weighted by atomic mass is 19.1. The molecule has 13 aromatic carbocycles. The number of rotatable bonds is 11. The number of fused-ring (bicyclic) bond motifs is 7. The summed E-state index contributed by atoms with van der Waals surface area (Å²) in [4.78, 5) is 4.73. The van der Waals surface area contributed by atoms with Gasteiger partial charge in [0, 0.05) is 66.7 Å². The third-order valence-electron chi connectivity index (χ3n) is 16.0. The fourth-order valence-electron chi connectivity index (χ4n) is 12.2. The summed E-state index contributed by atoms with van der Waals surface area (Å²) in [5.74, 6) is -0.528. The Labute approximate surface area is 473 Å². The van der Waals surface area contributed by atoms with E-state index in [2.05, 4.69) is 274 Å². The summed E-state index contributed by atoms with van der Waals surface area (Å²) in [6.45, 7) is 0. The first-order valence-electron chi connectivity index (χ1n) is 27.6. The third kappa shape index (κ3) is 8.44. The van der Waals surface area contributed by atoms with Crippen LogP contribution in [-0.2, 0) is 0 Å². The Kier molecular flexibility index (Phi) is 11.9. The Bertz CT molecular complexity index is 4870. The molecular weight excluding hydrogens is 1010 g/mol. The van der Waals surface area contributed by atoms with Gasteiger partial charge in [0.05, 0.1) is 27.8 Å². The van der Waals surface area contributed by atoms with Gasteiger partial charge in [-0.2, -0.15) is 0 Å². The summed E-state index contributed by atoms with van der Waals surface area (Å²) in [5.41, 5.74) is 18.9. The van der Waals surface area contributed by atoms with Crippen LogP contribution in [0, 0.1) is 11.6 Å². The molecule has 0 atom stereocenters. The van der Waals surface area contributed by atoms with Crippen LogP contribution in [-0.4, -0.2) is 9.13 Å². The van der Waals surface area contributed by atoms with E-state index >= 15 is 0 Å². The topological polar surface area (TPSA) is 16.3 Å². The van der Waals surface area contributed by atoms with Crippen molar-refractivity contribution < 1.29 is 8.78 Å². The predicted octanol–water partition coefficient (Wildman–Crippen LogP) is 21.3. The molecule has 4 nitrogen and oxygen atoms in total. The standard InChI is InChI=1S/C76H50F2N4/c77-56-31-37-59(38-32-56)81-72-27-11-9-25-68(72)70-49-63(41-44-75(70)81)79(61-21-13-19-54(47-61)51-15-3-1-4-16-51)58-35-29-53(30-36-58)65-43-46-74(67-24-8-7-23-66(65)67)80(62-22-14-20-55(48-62)52-17-5-2-6-18-52)64-42-45-76-71(50-64)69-26-10-12-28-73(69)82(76)60-39-33-57(78)34-40-60/h1-50H. The molecule has 2 aromatic heterocycles. The van der Waals surface area contributed by atoms with Crippen molar-refractivity contribution in [2.75, 3.05) is 9.80 Å². The first kappa shape index (κ1) is 48.3. The third-order valence-corrected chi connectivity index (χ3v) is 16.0. The van der Waals surface area contributed by atoms with Crippen LogP contribution < -0.4 is 9.80 Å². The summed E-state index contributed by atoms with van der Waals surface area (Å²) in [7, 11) is 0. The average molecular weight is 1060 g/mol. The lowest BCUT2D eigenvalue weighted by Gasteiger charge is -2.28. The molecule has 6 heteroatoms. The molecule has 0 aliphatic rings. The highest BCUT2D eigenvalue weighted by Crippen LogP contribution is 2.47. The van der Waals surface area contributed by atoms with Gasteiger partial charge in [0.2, 0.25) is 0 Å². The lowest BCUT2D eigenvalue weighted by molar-refractivity contribution is 0.627. The second-order valence-corrected chi connectivity index (χ2v) is 20.8. The van der Waals surface area contributed by atoms with Crippen LogP contribution in [0.15, 0.2) is 303 Å². The van der Waals surface area contributed by atoms with E-state index in [1.54, 1.807) is 0 Å². The normalized spacial score (nSPS) is 11.5. The van der Waals surface area contributed by atoms with Crippen molar-refractivity contribution in [3.8, 4) is 44.8 Å². The molecule has 0 N–H and O–H groups in total. The Morgan fingerprint density at radius 1 is 0.232 bits per heavy atom. The van der Waals surface area contributed by atoms with Crippen LogP contribution in [0.4, 0.5) is 42.9 Å². The fraction of sp³-hybridized carbons (Fsp3) is 0. The van der Waals surface area contributed by atoms with E-state index in [1.165, 1.54) is 24.3 Å². The second kappa shape index (κ2) is 20.1. The number of aromatic nitrogens is 2. The predicted molar refractivity (Wildman–Crippen MR) is 338 cm³/mol. The first-order chi connectivity index (χ1) is 40.5. The minimum Gasteiger partial charge on any atom is -0.310 e. The van der Waals surface area contributed by atoms with Gasteiger partial charge in [-0.3, -0.25) is 0 Å². The zero-order chi connectivity index (χ0) is 54.7. The van der Waals surface area contributed by atoms with Crippen LogP contribution in [0.25, 0.3) is 99.1 Å². The van der Waals surface area contributed by atoms with Crippen molar-refractivity contribution in [3.63, 3.8) is 0 Å². The molecule has 0 fully saturated rings. The lowest BCUT2D eigenvalue weighted by atomic mass is 9.95. The average Bonchev–Trinajstić information content (AvgIpc) is 4.13. The molecule has 2 heterocycles. The molecule has 0 bridgehead atoms. The molecule has 0 saturated heterocycles. The van der Waals surface area contributed by atoms with Gasteiger partial charge < -0.3 is 18.9 Å². The minimum absolute atomic E-state index is 0.264. The summed E-state index contributed by atoms with van der Waals surface area (Å²) < 4.78 is 33.0. The van der Waals surface area contributed by atoms with Crippen LogP contribution in [0.2, 0.25) is 0 Å². The maximum Gasteiger partial charge on any atom is 0.123 e. The van der Waals surface area contributed by atoms with Crippen LogP contribution in [0.5, 0.6) is 0 Å². The van der Waals surface area contributed by atoms with Gasteiger partial charge in [-0.05, 0) is 178 Å². The van der Waals surface area contributed by atoms with E-state index in [9.17, 15) is 8.78 Å². The zero-order valence-electron chi connectivity index (χ0n) is 44.4. The lowest BCUT2D eigenvalue weighted by Crippen LogP contribution is -2.11. The molecule has 0 saturated carbocycles. The first-order valence-corrected chi connectivity index (χ1v) is 27.6. The maximum atomic E-state index is 14.3. The number of para-hydroxylation sites is 2. The number of nitrogens with zero attached hydrogens (tertiary/aromatic N) is 4. The zero-order valence-corrected chi connectivity index (χ0v) is 44.4. The molecule has 0 unspecified atom stereocenters. The van der Waals surface area contributed by atoms with E-state index < -0.39 is 0 Å². The van der Waals surface area contributed by atoms with E-state index in [1.807, 2.05) is 24.3 Å². The minimum atomic E-state index is -0.265. The van der Waals surface area contributed by atoms with E-state index in [4.69, 9.17) is 0 Å². The molecular formula is C76H50F2N4. The number of halogens is 2. The highest BCUT2D eigenvalue weighted by molar-refractivity contribution is 6.13. The van der Waals surface area contributed by atoms with E-state index in [0.717, 1.165) is 133 Å². The van der Waals surface area contributed by atoms with Gasteiger partial charge in [0.15, 0.2) is 0 Å². The van der Waals surface area contributed by atoms with Crippen molar-refractivity contribution >= 4 is 88.5 Å². The van der Waals surface area contributed by atoms with Gasteiger partial charge in [0.25, 0.3) is 0 Å². The molecule has 15 rings (SSSR count). The van der Waals surface area contributed by atoms with Gasteiger partial charge >= 0.3 is 0 Å². The quantitative estimate of drug-likeness (QED) is 0.128. The van der Waals surface area contributed by atoms with E-state index in [0.29, 0.717) is 0 Å². The van der Waals surface area contributed by atoms with Gasteiger partial charge in [0.1, 0.15) is 11.6 Å². The Morgan fingerprint density at radius 3 is 1.16 bits per heavy atom.